The topological polar surface area (TPSA) is 61.4 Å². The highest BCUT2D eigenvalue weighted by molar-refractivity contribution is 9.10. The molecular formula is C22H24BrN3O2. The second-order valence-corrected chi connectivity index (χ2v) is 7.68. The Hall–Kier alpha value is -2.44. The van der Waals surface area contributed by atoms with E-state index >= 15 is 0 Å². The van der Waals surface area contributed by atoms with Crippen LogP contribution < -0.4 is 10.6 Å². The van der Waals surface area contributed by atoms with E-state index in [0.29, 0.717) is 6.54 Å². The fourth-order valence-corrected chi connectivity index (χ4v) is 3.60. The molecule has 2 N–H and O–H groups in total. The lowest BCUT2D eigenvalue weighted by atomic mass is 10.0. The molecule has 5 nitrogen and oxygen atoms in total. The van der Waals surface area contributed by atoms with Gasteiger partial charge < -0.3 is 10.6 Å². The molecule has 1 heterocycles. The molecule has 0 saturated carbocycles. The van der Waals surface area contributed by atoms with E-state index < -0.39 is 0 Å². The molecule has 0 bridgehead atoms. The van der Waals surface area contributed by atoms with Gasteiger partial charge in [-0.25, -0.2) is 0 Å². The van der Waals surface area contributed by atoms with Gasteiger partial charge in [-0.3, -0.25) is 14.5 Å². The number of rotatable bonds is 6. The lowest BCUT2D eigenvalue weighted by Crippen LogP contribution is -2.46. The number of benzene rings is 2. The number of nitrogens with one attached hydrogen (secondary N) is 2. The Bertz CT molecular complexity index is 831. The molecule has 1 aliphatic rings. The van der Waals surface area contributed by atoms with Crippen LogP contribution in [0.2, 0.25) is 0 Å². The zero-order valence-corrected chi connectivity index (χ0v) is 17.2. The summed E-state index contributed by atoms with van der Waals surface area (Å²) in [7, 11) is 0. The first-order valence-corrected chi connectivity index (χ1v) is 10.2. The second-order valence-electron chi connectivity index (χ2n) is 6.83. The van der Waals surface area contributed by atoms with E-state index in [4.69, 9.17) is 0 Å². The molecular weight excluding hydrogens is 418 g/mol. The van der Waals surface area contributed by atoms with E-state index in [0.717, 1.165) is 41.7 Å². The number of para-hydroxylation sites is 1. The summed E-state index contributed by atoms with van der Waals surface area (Å²) in [6.45, 7) is 1.96. The third-order valence-electron chi connectivity index (χ3n) is 4.68. The van der Waals surface area contributed by atoms with Crippen LogP contribution in [0.25, 0.3) is 6.08 Å². The number of hydrogen-bond acceptors (Lipinski definition) is 3. The lowest BCUT2D eigenvalue weighted by Gasteiger charge is -2.31. The molecule has 2 amide bonds. The molecule has 0 spiro atoms. The second kappa shape index (κ2) is 10.2. The first kappa shape index (κ1) is 20.3. The maximum atomic E-state index is 12.2. The van der Waals surface area contributed by atoms with Gasteiger partial charge in [0.05, 0.1) is 6.54 Å². The van der Waals surface area contributed by atoms with Crippen molar-refractivity contribution in [2.45, 2.75) is 18.9 Å². The molecule has 1 fully saturated rings. The Kier molecular flexibility index (Phi) is 7.39. The van der Waals surface area contributed by atoms with Crippen molar-refractivity contribution in [1.82, 2.24) is 10.2 Å². The molecule has 2 aromatic carbocycles. The number of halogens is 1. The van der Waals surface area contributed by atoms with Crippen LogP contribution in [0.5, 0.6) is 0 Å². The van der Waals surface area contributed by atoms with Crippen LogP contribution in [0.4, 0.5) is 5.69 Å². The average Bonchev–Trinajstić information content (AvgIpc) is 2.69. The van der Waals surface area contributed by atoms with Crippen LogP contribution in [0, 0.1) is 0 Å². The van der Waals surface area contributed by atoms with Crippen LogP contribution in [0.3, 0.4) is 0 Å². The third kappa shape index (κ3) is 6.32. The number of carbonyl (C=O) groups excluding carboxylic acids is 2. The molecule has 2 aromatic rings. The summed E-state index contributed by atoms with van der Waals surface area (Å²) in [5.74, 6) is -0.0962. The minimum absolute atomic E-state index is 0.00921. The Balaban J connectivity index is 1.39. The zero-order valence-electron chi connectivity index (χ0n) is 15.6. The summed E-state index contributed by atoms with van der Waals surface area (Å²) in [4.78, 5) is 26.4. The quantitative estimate of drug-likeness (QED) is 0.672. The zero-order chi connectivity index (χ0) is 19.8. The van der Waals surface area contributed by atoms with E-state index in [-0.39, 0.29) is 17.9 Å². The summed E-state index contributed by atoms with van der Waals surface area (Å²) in [5.41, 5.74) is 1.78. The highest BCUT2D eigenvalue weighted by Crippen LogP contribution is 2.17. The number of carbonyl (C=O) groups is 2. The number of piperidine rings is 1. The summed E-state index contributed by atoms with van der Waals surface area (Å²) in [5, 5.41) is 5.96. The first-order chi connectivity index (χ1) is 13.6. The fourth-order valence-electron chi connectivity index (χ4n) is 3.19. The van der Waals surface area contributed by atoms with Gasteiger partial charge in [0.1, 0.15) is 0 Å². The predicted molar refractivity (Wildman–Crippen MR) is 116 cm³/mol. The minimum atomic E-state index is -0.0870. The monoisotopic (exact) mass is 441 g/mol. The Morgan fingerprint density at radius 3 is 2.43 bits per heavy atom. The molecule has 3 rings (SSSR count). The smallest absolute Gasteiger partial charge is 0.244 e. The van der Waals surface area contributed by atoms with Crippen molar-refractivity contribution in [2.24, 2.45) is 0 Å². The maximum Gasteiger partial charge on any atom is 0.244 e. The van der Waals surface area contributed by atoms with Gasteiger partial charge in [0.2, 0.25) is 11.8 Å². The third-order valence-corrected chi connectivity index (χ3v) is 5.40. The van der Waals surface area contributed by atoms with Crippen LogP contribution in [0.1, 0.15) is 18.4 Å². The molecule has 0 aromatic heterocycles. The van der Waals surface area contributed by atoms with Gasteiger partial charge >= 0.3 is 0 Å². The predicted octanol–water partition coefficient (Wildman–Crippen LogP) is 3.68. The number of hydrogen-bond donors (Lipinski definition) is 2. The van der Waals surface area contributed by atoms with E-state index in [9.17, 15) is 9.59 Å². The molecule has 1 saturated heterocycles. The van der Waals surface area contributed by atoms with Gasteiger partial charge in [-0.15, -0.1) is 0 Å². The van der Waals surface area contributed by atoms with E-state index in [1.54, 1.807) is 6.08 Å². The van der Waals surface area contributed by atoms with Crippen molar-refractivity contribution in [2.75, 3.05) is 25.0 Å². The molecule has 0 atom stereocenters. The van der Waals surface area contributed by atoms with E-state index in [1.807, 2.05) is 60.7 Å². The van der Waals surface area contributed by atoms with Crippen molar-refractivity contribution < 1.29 is 9.59 Å². The highest BCUT2D eigenvalue weighted by Gasteiger charge is 2.21. The van der Waals surface area contributed by atoms with Gasteiger partial charge in [0.25, 0.3) is 0 Å². The average molecular weight is 442 g/mol. The van der Waals surface area contributed by atoms with Crippen molar-refractivity contribution in [3.05, 3.63) is 70.7 Å². The fraction of sp³-hybridized carbons (Fsp3) is 0.273. The molecule has 146 valence electrons. The SMILES string of the molecule is O=C(/C=C/c1ccccc1Br)NC1CCN(CC(=O)Nc2ccccc2)CC1. The normalized spacial score (nSPS) is 15.5. The van der Waals surface area contributed by atoms with Crippen molar-refractivity contribution in [1.29, 1.82) is 0 Å². The van der Waals surface area contributed by atoms with Crippen LogP contribution in [0.15, 0.2) is 65.1 Å². The Morgan fingerprint density at radius 2 is 1.71 bits per heavy atom. The summed E-state index contributed by atoms with van der Waals surface area (Å²) >= 11 is 3.47. The maximum absolute atomic E-state index is 12.2. The molecule has 6 heteroatoms. The van der Waals surface area contributed by atoms with Crippen molar-refractivity contribution >= 4 is 39.5 Å². The molecule has 28 heavy (non-hydrogen) atoms. The standard InChI is InChI=1S/C22H24BrN3O2/c23-20-9-5-4-6-17(20)10-11-21(27)24-19-12-14-26(15-13-19)16-22(28)25-18-7-2-1-3-8-18/h1-11,19H,12-16H2,(H,24,27)(H,25,28)/b11-10+. The Morgan fingerprint density at radius 1 is 1.04 bits per heavy atom. The largest absolute Gasteiger partial charge is 0.350 e. The molecule has 0 unspecified atom stereocenters. The summed E-state index contributed by atoms with van der Waals surface area (Å²) in [6, 6.07) is 17.4. The lowest BCUT2D eigenvalue weighted by molar-refractivity contribution is -0.119. The van der Waals surface area contributed by atoms with E-state index in [1.165, 1.54) is 0 Å². The van der Waals surface area contributed by atoms with Crippen LogP contribution >= 0.6 is 15.9 Å². The molecule has 0 radical (unpaired) electrons. The number of nitrogens with zero attached hydrogens (tertiary/aromatic N) is 1. The van der Waals surface area contributed by atoms with Crippen molar-refractivity contribution in [3.63, 3.8) is 0 Å². The molecule has 0 aliphatic carbocycles. The number of amides is 2. The van der Waals surface area contributed by atoms with Gasteiger partial charge in [-0.05, 0) is 42.7 Å². The van der Waals surface area contributed by atoms with Crippen molar-refractivity contribution in [3.8, 4) is 0 Å². The van der Waals surface area contributed by atoms with Gasteiger partial charge in [0, 0.05) is 35.4 Å². The van der Waals surface area contributed by atoms with Crippen LogP contribution in [-0.4, -0.2) is 42.4 Å². The molecule has 1 aliphatic heterocycles. The van der Waals surface area contributed by atoms with E-state index in [2.05, 4.69) is 31.5 Å². The van der Waals surface area contributed by atoms with Gasteiger partial charge in [-0.2, -0.15) is 0 Å². The summed E-state index contributed by atoms with van der Waals surface area (Å²) in [6.07, 6.45) is 5.06. The first-order valence-electron chi connectivity index (χ1n) is 9.40. The number of anilines is 1. The summed E-state index contributed by atoms with van der Waals surface area (Å²) < 4.78 is 0.959. The van der Waals surface area contributed by atoms with Gasteiger partial charge in [0.15, 0.2) is 0 Å². The van der Waals surface area contributed by atoms with Gasteiger partial charge in [-0.1, -0.05) is 52.3 Å². The minimum Gasteiger partial charge on any atom is -0.350 e. The number of likely N-dealkylation sites (tertiary alicyclic amines) is 1. The van der Waals surface area contributed by atoms with Crippen LogP contribution in [-0.2, 0) is 9.59 Å². The Labute approximate surface area is 173 Å². The highest BCUT2D eigenvalue weighted by atomic mass is 79.9.